The number of amides is 1. The Labute approximate surface area is 168 Å². The van der Waals surface area contributed by atoms with Gasteiger partial charge in [0.15, 0.2) is 0 Å². The van der Waals surface area contributed by atoms with Crippen LogP contribution < -0.4 is 4.74 Å². The number of aliphatic carboxylic acids is 1. The Morgan fingerprint density at radius 2 is 1.97 bits per heavy atom. The van der Waals surface area contributed by atoms with Crippen LogP contribution in [0.15, 0.2) is 48.5 Å². The zero-order chi connectivity index (χ0) is 20.4. The molecule has 2 atom stereocenters. The Hall–Kier alpha value is -2.93. The van der Waals surface area contributed by atoms with E-state index in [0.717, 1.165) is 11.3 Å². The first-order valence-corrected chi connectivity index (χ1v) is 9.70. The van der Waals surface area contributed by atoms with Crippen LogP contribution in [0.3, 0.4) is 0 Å². The molecule has 1 saturated heterocycles. The van der Waals surface area contributed by atoms with E-state index in [1.54, 1.807) is 17.0 Å². The lowest BCUT2D eigenvalue weighted by Crippen LogP contribution is -2.40. The molecule has 0 aromatic heterocycles. The molecular weight excluding hydrogens is 375 g/mol. The minimum Gasteiger partial charge on any atom is -0.492 e. The maximum Gasteiger partial charge on any atom is 0.308 e. The Morgan fingerprint density at radius 1 is 1.14 bits per heavy atom. The fourth-order valence-corrected chi connectivity index (χ4v) is 4.14. The third-order valence-corrected chi connectivity index (χ3v) is 5.66. The third kappa shape index (κ3) is 4.24. The fraction of sp³-hybridized carbons (Fsp3) is 0.364. The van der Waals surface area contributed by atoms with Crippen LogP contribution in [0.1, 0.15) is 17.0 Å². The molecule has 29 heavy (non-hydrogen) atoms. The predicted octanol–water partition coefficient (Wildman–Crippen LogP) is 2.35. The summed E-state index contributed by atoms with van der Waals surface area (Å²) in [6, 6.07) is 13.7. The number of halogens is 1. The van der Waals surface area contributed by atoms with E-state index in [1.807, 2.05) is 29.2 Å². The van der Waals surface area contributed by atoms with Gasteiger partial charge in [-0.3, -0.25) is 14.5 Å². The van der Waals surface area contributed by atoms with Crippen molar-refractivity contribution in [3.63, 3.8) is 0 Å². The van der Waals surface area contributed by atoms with Crippen molar-refractivity contribution in [2.45, 2.75) is 12.5 Å². The van der Waals surface area contributed by atoms with Crippen LogP contribution in [0.25, 0.3) is 0 Å². The number of rotatable bonds is 4. The number of hydrogen-bond acceptors (Lipinski definition) is 4. The topological polar surface area (TPSA) is 70.1 Å². The summed E-state index contributed by atoms with van der Waals surface area (Å²) < 4.78 is 19.4. The Bertz CT molecular complexity index is 919. The molecule has 1 fully saturated rings. The maximum atomic E-state index is 13.6. The lowest BCUT2D eigenvalue weighted by Gasteiger charge is -2.23. The average molecular weight is 398 g/mol. The monoisotopic (exact) mass is 398 g/mol. The van der Waals surface area contributed by atoms with E-state index in [1.165, 1.54) is 12.1 Å². The number of ether oxygens (including phenoxy) is 1. The first-order chi connectivity index (χ1) is 14.0. The Morgan fingerprint density at radius 3 is 2.76 bits per heavy atom. The van der Waals surface area contributed by atoms with Gasteiger partial charge in [0.1, 0.15) is 18.2 Å². The molecule has 2 aliphatic heterocycles. The van der Waals surface area contributed by atoms with Crippen LogP contribution in [-0.2, 0) is 16.1 Å². The summed E-state index contributed by atoms with van der Waals surface area (Å²) in [6.45, 7) is 2.32. The molecule has 0 aliphatic carbocycles. The van der Waals surface area contributed by atoms with E-state index in [-0.39, 0.29) is 25.5 Å². The van der Waals surface area contributed by atoms with Gasteiger partial charge in [0.05, 0.1) is 12.5 Å². The normalized spacial score (nSPS) is 21.9. The standard InChI is InChI=1S/C22H23FN2O4/c23-17-6-3-5-15(10-17)18-12-25(13-19(18)22(27)28)21(26)14-24-8-9-29-20-7-2-1-4-16(20)11-24/h1-7,10,18-19H,8-9,11-14H2,(H,27,28). The first kappa shape index (κ1) is 19.4. The van der Waals surface area contributed by atoms with Gasteiger partial charge >= 0.3 is 5.97 Å². The highest BCUT2D eigenvalue weighted by molar-refractivity contribution is 5.81. The smallest absolute Gasteiger partial charge is 0.308 e. The second-order valence-electron chi connectivity index (χ2n) is 7.57. The second-order valence-corrected chi connectivity index (χ2v) is 7.57. The second kappa shape index (κ2) is 8.21. The van der Waals surface area contributed by atoms with Crippen molar-refractivity contribution >= 4 is 11.9 Å². The quantitative estimate of drug-likeness (QED) is 0.856. The molecule has 0 spiro atoms. The zero-order valence-corrected chi connectivity index (χ0v) is 16.0. The van der Waals surface area contributed by atoms with Crippen molar-refractivity contribution in [2.24, 2.45) is 5.92 Å². The van der Waals surface area contributed by atoms with Crippen LogP contribution in [-0.4, -0.2) is 59.6 Å². The van der Waals surface area contributed by atoms with Gasteiger partial charge in [0.25, 0.3) is 0 Å². The number of hydrogen-bond donors (Lipinski definition) is 1. The number of carboxylic acid groups (broad SMARTS) is 1. The Balaban J connectivity index is 1.46. The summed E-state index contributed by atoms with van der Waals surface area (Å²) in [5.41, 5.74) is 1.64. The molecule has 0 radical (unpaired) electrons. The third-order valence-electron chi connectivity index (χ3n) is 5.66. The molecule has 0 saturated carbocycles. The summed E-state index contributed by atoms with van der Waals surface area (Å²) >= 11 is 0. The van der Waals surface area contributed by atoms with Crippen LogP contribution in [0, 0.1) is 11.7 Å². The van der Waals surface area contributed by atoms with Crippen molar-refractivity contribution in [1.29, 1.82) is 0 Å². The molecule has 2 aromatic rings. The van der Waals surface area contributed by atoms with Crippen LogP contribution in [0.2, 0.25) is 0 Å². The molecule has 2 heterocycles. The van der Waals surface area contributed by atoms with Crippen LogP contribution >= 0.6 is 0 Å². The van der Waals surface area contributed by atoms with Gasteiger partial charge in [-0.25, -0.2) is 4.39 Å². The number of carbonyl (C=O) groups excluding carboxylic acids is 1. The molecule has 1 amide bonds. The summed E-state index contributed by atoms with van der Waals surface area (Å²) in [4.78, 5) is 28.3. The number of carbonyl (C=O) groups is 2. The lowest BCUT2D eigenvalue weighted by molar-refractivity contribution is -0.141. The number of nitrogens with zero attached hydrogens (tertiary/aromatic N) is 2. The molecule has 1 N–H and O–H groups in total. The van der Waals surface area contributed by atoms with Gasteiger partial charge in [0, 0.05) is 37.7 Å². The summed E-state index contributed by atoms with van der Waals surface area (Å²) in [5.74, 6) is -1.81. The van der Waals surface area contributed by atoms with Crippen LogP contribution in [0.4, 0.5) is 4.39 Å². The van der Waals surface area contributed by atoms with Crippen molar-refractivity contribution in [2.75, 3.05) is 32.8 Å². The Kier molecular flexibility index (Phi) is 5.49. The van der Waals surface area contributed by atoms with Crippen LogP contribution in [0.5, 0.6) is 5.75 Å². The molecular formula is C22H23FN2O4. The van der Waals surface area contributed by atoms with Gasteiger partial charge in [-0.2, -0.15) is 0 Å². The number of para-hydroxylation sites is 1. The average Bonchev–Trinajstić information content (AvgIpc) is 3.05. The number of benzene rings is 2. The van der Waals surface area contributed by atoms with Gasteiger partial charge in [-0.1, -0.05) is 30.3 Å². The predicted molar refractivity (Wildman–Crippen MR) is 104 cm³/mol. The van der Waals surface area contributed by atoms with Gasteiger partial charge in [-0.15, -0.1) is 0 Å². The highest BCUT2D eigenvalue weighted by Crippen LogP contribution is 2.33. The molecule has 7 heteroatoms. The number of likely N-dealkylation sites (tertiary alicyclic amines) is 1. The van der Waals surface area contributed by atoms with E-state index < -0.39 is 23.6 Å². The molecule has 2 unspecified atom stereocenters. The van der Waals surface area contributed by atoms with E-state index in [4.69, 9.17) is 4.74 Å². The van der Waals surface area contributed by atoms with E-state index in [9.17, 15) is 19.1 Å². The van der Waals surface area contributed by atoms with E-state index >= 15 is 0 Å². The molecule has 2 aliphatic rings. The lowest BCUT2D eigenvalue weighted by atomic mass is 9.89. The fourth-order valence-electron chi connectivity index (χ4n) is 4.14. The molecule has 6 nitrogen and oxygen atoms in total. The van der Waals surface area contributed by atoms with Gasteiger partial charge in [-0.05, 0) is 23.8 Å². The summed E-state index contributed by atoms with van der Waals surface area (Å²) in [5, 5.41) is 9.62. The molecule has 0 bridgehead atoms. The van der Waals surface area contributed by atoms with Gasteiger partial charge in [0.2, 0.25) is 5.91 Å². The minimum atomic E-state index is -0.966. The molecule has 2 aromatic carbocycles. The van der Waals surface area contributed by atoms with E-state index in [2.05, 4.69) is 0 Å². The number of fused-ring (bicyclic) bond motifs is 1. The highest BCUT2D eigenvalue weighted by Gasteiger charge is 2.40. The highest BCUT2D eigenvalue weighted by atomic mass is 19.1. The van der Waals surface area contributed by atoms with Crippen molar-refractivity contribution < 1.29 is 23.8 Å². The summed E-state index contributed by atoms with van der Waals surface area (Å²) in [7, 11) is 0. The minimum absolute atomic E-state index is 0.116. The first-order valence-electron chi connectivity index (χ1n) is 9.70. The van der Waals surface area contributed by atoms with Gasteiger partial charge < -0.3 is 14.7 Å². The number of carboxylic acids is 1. The van der Waals surface area contributed by atoms with Crippen molar-refractivity contribution in [3.8, 4) is 5.75 Å². The van der Waals surface area contributed by atoms with Crippen molar-refractivity contribution in [3.05, 3.63) is 65.5 Å². The zero-order valence-electron chi connectivity index (χ0n) is 16.0. The molecule has 4 rings (SSSR count). The van der Waals surface area contributed by atoms with E-state index in [0.29, 0.717) is 25.3 Å². The summed E-state index contributed by atoms with van der Waals surface area (Å²) in [6.07, 6.45) is 0. The largest absolute Gasteiger partial charge is 0.492 e. The SMILES string of the molecule is O=C(O)C1CN(C(=O)CN2CCOc3ccccc3C2)CC1c1cccc(F)c1. The molecule has 152 valence electrons. The maximum absolute atomic E-state index is 13.6. The van der Waals surface area contributed by atoms with Crippen molar-refractivity contribution in [1.82, 2.24) is 9.80 Å².